The second-order valence-corrected chi connectivity index (χ2v) is 7.84. The van der Waals surface area contributed by atoms with Crippen molar-refractivity contribution in [2.45, 2.75) is 60.3 Å². The van der Waals surface area contributed by atoms with Crippen LogP contribution in [0.1, 0.15) is 59.4 Å². The predicted molar refractivity (Wildman–Crippen MR) is 113 cm³/mol. The van der Waals surface area contributed by atoms with Gasteiger partial charge in [-0.15, -0.1) is 0 Å². The molecule has 1 aliphatic rings. The highest BCUT2D eigenvalue weighted by atomic mass is 16.5. The highest BCUT2D eigenvalue weighted by molar-refractivity contribution is 6.24. The number of carbonyl (C=O) groups is 1. The molecule has 5 nitrogen and oxygen atoms in total. The number of carbonyl (C=O) groups excluding carboxylic acids is 1. The minimum absolute atomic E-state index is 0.00551. The summed E-state index contributed by atoms with van der Waals surface area (Å²) < 4.78 is 11.3. The molecule has 0 aliphatic heterocycles. The van der Waals surface area contributed by atoms with E-state index in [-0.39, 0.29) is 17.0 Å². The smallest absolute Gasteiger partial charge is 0.168 e. The SMILES string of the molecule is CCOc1ccc(CCN=C2CC(C)(C)CC(=O)/C2=C(/O)CC)cc1OCC. The zero-order chi connectivity index (χ0) is 20.7. The molecule has 0 atom stereocenters. The summed E-state index contributed by atoms with van der Waals surface area (Å²) in [7, 11) is 0. The highest BCUT2D eigenvalue weighted by Crippen LogP contribution is 2.35. The van der Waals surface area contributed by atoms with Crippen molar-refractivity contribution in [1.82, 2.24) is 0 Å². The van der Waals surface area contributed by atoms with E-state index in [1.807, 2.05) is 39.0 Å². The van der Waals surface area contributed by atoms with Crippen LogP contribution in [0.15, 0.2) is 34.5 Å². The largest absolute Gasteiger partial charge is 0.512 e. The second kappa shape index (κ2) is 9.76. The van der Waals surface area contributed by atoms with E-state index in [4.69, 9.17) is 14.5 Å². The van der Waals surface area contributed by atoms with Crippen LogP contribution in [0.5, 0.6) is 11.5 Å². The van der Waals surface area contributed by atoms with Gasteiger partial charge in [0.1, 0.15) is 5.76 Å². The number of ether oxygens (including phenoxy) is 2. The monoisotopic (exact) mass is 387 g/mol. The molecule has 5 heteroatoms. The fraction of sp³-hybridized carbons (Fsp3) is 0.565. The number of Topliss-reactive ketones (excluding diaryl/α,β-unsaturated/α-hetero) is 1. The van der Waals surface area contributed by atoms with Gasteiger partial charge in [-0.2, -0.15) is 0 Å². The van der Waals surface area contributed by atoms with Crippen LogP contribution in [0.25, 0.3) is 0 Å². The quantitative estimate of drug-likeness (QED) is 0.499. The van der Waals surface area contributed by atoms with E-state index < -0.39 is 0 Å². The second-order valence-electron chi connectivity index (χ2n) is 7.84. The van der Waals surface area contributed by atoms with Crippen LogP contribution < -0.4 is 9.47 Å². The predicted octanol–water partition coefficient (Wildman–Crippen LogP) is 5.08. The summed E-state index contributed by atoms with van der Waals surface area (Å²) in [5.41, 5.74) is 2.14. The Balaban J connectivity index is 2.19. The number of nitrogens with zero attached hydrogens (tertiary/aromatic N) is 1. The number of hydrogen-bond donors (Lipinski definition) is 1. The first-order valence-electron chi connectivity index (χ1n) is 10.2. The Labute approximate surface area is 168 Å². The number of aliphatic hydroxyl groups excluding tert-OH is 1. The lowest BCUT2D eigenvalue weighted by molar-refractivity contribution is -0.117. The third-order valence-corrected chi connectivity index (χ3v) is 4.79. The lowest BCUT2D eigenvalue weighted by Gasteiger charge is -2.31. The number of allylic oxidation sites excluding steroid dienone is 2. The van der Waals surface area contributed by atoms with Gasteiger partial charge in [-0.1, -0.05) is 26.8 Å². The summed E-state index contributed by atoms with van der Waals surface area (Å²) in [4.78, 5) is 17.3. The van der Waals surface area contributed by atoms with E-state index in [0.29, 0.717) is 44.6 Å². The molecule has 0 saturated heterocycles. The minimum Gasteiger partial charge on any atom is -0.512 e. The molecule has 154 valence electrons. The summed E-state index contributed by atoms with van der Waals surface area (Å²) in [5.74, 6) is 1.64. The lowest BCUT2D eigenvalue weighted by atomic mass is 9.73. The summed E-state index contributed by atoms with van der Waals surface area (Å²) in [6.45, 7) is 11.6. The Morgan fingerprint density at radius 2 is 1.79 bits per heavy atom. The maximum Gasteiger partial charge on any atom is 0.168 e. The van der Waals surface area contributed by atoms with Crippen LogP contribution in [0.4, 0.5) is 0 Å². The standard InChI is InChI=1S/C23H33NO4/c1-6-18(25)22-17(14-23(4,5)15-19(22)26)24-12-11-16-9-10-20(27-7-2)21(13-16)28-8-3/h9-10,13,25H,6-8,11-12,14-15H2,1-5H3/b22-18+,24-17?. The molecule has 0 unspecified atom stereocenters. The summed E-state index contributed by atoms with van der Waals surface area (Å²) in [6, 6.07) is 5.94. The van der Waals surface area contributed by atoms with Crippen molar-refractivity contribution in [1.29, 1.82) is 0 Å². The molecular weight excluding hydrogens is 354 g/mol. The Morgan fingerprint density at radius 1 is 1.11 bits per heavy atom. The van der Waals surface area contributed by atoms with Gasteiger partial charge in [0.15, 0.2) is 17.3 Å². The Bertz CT molecular complexity index is 762. The zero-order valence-electron chi connectivity index (χ0n) is 17.8. The van der Waals surface area contributed by atoms with Crippen LogP contribution in [-0.4, -0.2) is 36.4 Å². The van der Waals surface area contributed by atoms with Crippen molar-refractivity contribution in [2.24, 2.45) is 10.4 Å². The van der Waals surface area contributed by atoms with Gasteiger partial charge in [0, 0.05) is 25.1 Å². The van der Waals surface area contributed by atoms with Crippen molar-refractivity contribution >= 4 is 11.5 Å². The van der Waals surface area contributed by atoms with E-state index >= 15 is 0 Å². The molecule has 0 radical (unpaired) electrons. The zero-order valence-corrected chi connectivity index (χ0v) is 17.8. The topological polar surface area (TPSA) is 68.1 Å². The van der Waals surface area contributed by atoms with Crippen molar-refractivity contribution in [3.05, 3.63) is 35.1 Å². The third kappa shape index (κ3) is 5.60. The third-order valence-electron chi connectivity index (χ3n) is 4.79. The van der Waals surface area contributed by atoms with Gasteiger partial charge in [-0.3, -0.25) is 9.79 Å². The van der Waals surface area contributed by atoms with Gasteiger partial charge in [0.2, 0.25) is 0 Å². The average molecular weight is 388 g/mol. The average Bonchev–Trinajstić information content (AvgIpc) is 2.62. The molecule has 0 heterocycles. The molecule has 1 aliphatic carbocycles. The molecular formula is C23H33NO4. The van der Waals surface area contributed by atoms with Crippen molar-refractivity contribution in [2.75, 3.05) is 19.8 Å². The maximum atomic E-state index is 12.5. The molecule has 28 heavy (non-hydrogen) atoms. The molecule has 0 amide bonds. The Morgan fingerprint density at radius 3 is 2.43 bits per heavy atom. The summed E-state index contributed by atoms with van der Waals surface area (Å²) >= 11 is 0. The highest BCUT2D eigenvalue weighted by Gasteiger charge is 2.35. The summed E-state index contributed by atoms with van der Waals surface area (Å²) in [5, 5.41) is 10.2. The van der Waals surface area contributed by atoms with E-state index in [1.54, 1.807) is 0 Å². The van der Waals surface area contributed by atoms with Crippen LogP contribution in [-0.2, 0) is 11.2 Å². The minimum atomic E-state index is -0.130. The van der Waals surface area contributed by atoms with Gasteiger partial charge in [-0.05, 0) is 49.8 Å². The number of rotatable bonds is 8. The van der Waals surface area contributed by atoms with Crippen molar-refractivity contribution in [3.63, 3.8) is 0 Å². The molecule has 1 aromatic carbocycles. The van der Waals surface area contributed by atoms with Gasteiger partial charge in [-0.25, -0.2) is 0 Å². The number of hydrogen-bond acceptors (Lipinski definition) is 5. The Hall–Kier alpha value is -2.30. The molecule has 1 aromatic rings. The van der Waals surface area contributed by atoms with Gasteiger partial charge in [0.05, 0.1) is 18.8 Å². The molecule has 0 bridgehead atoms. The first-order chi connectivity index (χ1) is 13.3. The van der Waals surface area contributed by atoms with Crippen LogP contribution in [0.3, 0.4) is 0 Å². The number of aliphatic hydroxyl groups is 1. The number of ketones is 1. The lowest BCUT2D eigenvalue weighted by Crippen LogP contribution is -2.32. The maximum absolute atomic E-state index is 12.5. The van der Waals surface area contributed by atoms with Crippen LogP contribution in [0.2, 0.25) is 0 Å². The van der Waals surface area contributed by atoms with Crippen LogP contribution in [0, 0.1) is 5.41 Å². The van der Waals surface area contributed by atoms with E-state index in [1.165, 1.54) is 0 Å². The fourth-order valence-corrected chi connectivity index (χ4v) is 3.50. The van der Waals surface area contributed by atoms with Crippen molar-refractivity contribution < 1.29 is 19.4 Å². The molecule has 0 spiro atoms. The van der Waals surface area contributed by atoms with Gasteiger partial charge >= 0.3 is 0 Å². The van der Waals surface area contributed by atoms with E-state index in [9.17, 15) is 9.90 Å². The van der Waals surface area contributed by atoms with E-state index in [0.717, 1.165) is 29.2 Å². The van der Waals surface area contributed by atoms with Gasteiger partial charge < -0.3 is 14.6 Å². The first-order valence-corrected chi connectivity index (χ1v) is 10.2. The Kier molecular flexibility index (Phi) is 7.67. The molecule has 1 N–H and O–H groups in total. The summed E-state index contributed by atoms with van der Waals surface area (Å²) in [6.07, 6.45) is 2.32. The molecule has 0 aromatic heterocycles. The van der Waals surface area contributed by atoms with Crippen LogP contribution >= 0.6 is 0 Å². The van der Waals surface area contributed by atoms with E-state index in [2.05, 4.69) is 13.8 Å². The molecule has 2 rings (SSSR count). The normalized spacial score (nSPS) is 19.6. The number of benzene rings is 1. The molecule has 1 saturated carbocycles. The fourth-order valence-electron chi connectivity index (χ4n) is 3.50. The van der Waals surface area contributed by atoms with Gasteiger partial charge in [0.25, 0.3) is 0 Å². The molecule has 1 fully saturated rings. The van der Waals surface area contributed by atoms with Crippen molar-refractivity contribution in [3.8, 4) is 11.5 Å². The first kappa shape index (κ1) is 22.0. The number of aliphatic imine (C=N–C) groups is 1.